The number of benzene rings is 1. The summed E-state index contributed by atoms with van der Waals surface area (Å²) in [6, 6.07) is 6.38. The molecule has 0 aromatic heterocycles. The first-order chi connectivity index (χ1) is 13.7. The van der Waals surface area contributed by atoms with Gasteiger partial charge < -0.3 is 20.1 Å². The lowest BCUT2D eigenvalue weighted by Gasteiger charge is -2.46. The van der Waals surface area contributed by atoms with Crippen LogP contribution in [0.1, 0.15) is 38.2 Å². The van der Waals surface area contributed by atoms with Crippen LogP contribution in [0, 0.1) is 5.41 Å². The van der Waals surface area contributed by atoms with E-state index in [-0.39, 0.29) is 34.1 Å². The highest BCUT2D eigenvalue weighted by Crippen LogP contribution is 2.50. The summed E-state index contributed by atoms with van der Waals surface area (Å²) in [6.07, 6.45) is 0.998. The van der Waals surface area contributed by atoms with Gasteiger partial charge in [0.2, 0.25) is 0 Å². The number of esters is 1. The minimum Gasteiger partial charge on any atom is -0.508 e. The maximum atomic E-state index is 13.3. The van der Waals surface area contributed by atoms with Crippen molar-refractivity contribution in [3.05, 3.63) is 52.4 Å². The number of carbonyl (C=O) groups is 3. The number of ether oxygens (including phenoxy) is 1. The number of rotatable bonds is 2. The van der Waals surface area contributed by atoms with Gasteiger partial charge in [-0.3, -0.25) is 9.59 Å². The molecule has 7 nitrogen and oxygen atoms in total. The van der Waals surface area contributed by atoms with Crippen LogP contribution in [0.25, 0.3) is 0 Å². The fourth-order valence-electron chi connectivity index (χ4n) is 4.61. The minimum atomic E-state index is -0.711. The Kier molecular flexibility index (Phi) is 4.48. The van der Waals surface area contributed by atoms with Gasteiger partial charge in [-0.2, -0.15) is 0 Å². The van der Waals surface area contributed by atoms with Crippen molar-refractivity contribution in [1.29, 1.82) is 0 Å². The Morgan fingerprint density at radius 3 is 2.55 bits per heavy atom. The van der Waals surface area contributed by atoms with Gasteiger partial charge in [-0.15, -0.1) is 0 Å². The Bertz CT molecular complexity index is 971. The van der Waals surface area contributed by atoms with Crippen LogP contribution in [0.4, 0.5) is 0 Å². The van der Waals surface area contributed by atoms with Gasteiger partial charge in [-0.25, -0.2) is 4.79 Å². The lowest BCUT2D eigenvalue weighted by atomic mass is 9.68. The summed E-state index contributed by atoms with van der Waals surface area (Å²) >= 11 is 0. The highest BCUT2D eigenvalue weighted by molar-refractivity contribution is 6.09. The van der Waals surface area contributed by atoms with Gasteiger partial charge in [0.25, 0.3) is 5.91 Å². The zero-order chi connectivity index (χ0) is 20.9. The zero-order valence-corrected chi connectivity index (χ0v) is 16.7. The second-order valence-electron chi connectivity index (χ2n) is 8.49. The van der Waals surface area contributed by atoms with E-state index in [0.717, 1.165) is 5.70 Å². The van der Waals surface area contributed by atoms with Crippen molar-refractivity contribution in [2.45, 2.75) is 32.6 Å². The molecule has 1 atom stereocenters. The summed E-state index contributed by atoms with van der Waals surface area (Å²) < 4.78 is 5.03. The fourth-order valence-corrected chi connectivity index (χ4v) is 4.61. The largest absolute Gasteiger partial charge is 0.508 e. The van der Waals surface area contributed by atoms with Crippen LogP contribution < -0.4 is 5.32 Å². The van der Waals surface area contributed by atoms with Crippen LogP contribution >= 0.6 is 0 Å². The van der Waals surface area contributed by atoms with Crippen molar-refractivity contribution in [3.8, 4) is 5.75 Å². The molecule has 1 aromatic carbocycles. The molecule has 152 valence electrons. The predicted molar refractivity (Wildman–Crippen MR) is 105 cm³/mol. The standard InChI is InChI=1S/C22H24N2O5/c1-22(2)10-14-17(15(26)11-22)16(12-4-6-13(25)7-5-12)18(21(28)29-3)19-20(27)23-8-9-24(14)19/h4-7,16,25H,8-11H2,1-3H3,(H,23,27)/t16-/m1/s1. The smallest absolute Gasteiger partial charge is 0.337 e. The van der Waals surface area contributed by atoms with Crippen molar-refractivity contribution in [2.24, 2.45) is 5.41 Å². The number of carbonyl (C=O) groups excluding carboxylic acids is 3. The zero-order valence-electron chi connectivity index (χ0n) is 16.7. The van der Waals surface area contributed by atoms with E-state index < -0.39 is 11.9 Å². The van der Waals surface area contributed by atoms with E-state index in [9.17, 15) is 19.5 Å². The number of allylic oxidation sites excluding steroid dienone is 2. The second-order valence-corrected chi connectivity index (χ2v) is 8.49. The third-order valence-electron chi connectivity index (χ3n) is 5.79. The first-order valence-corrected chi connectivity index (χ1v) is 9.67. The molecule has 1 aromatic rings. The number of piperazine rings is 1. The molecule has 2 aliphatic heterocycles. The van der Waals surface area contributed by atoms with Gasteiger partial charge in [0.1, 0.15) is 11.4 Å². The molecule has 0 bridgehead atoms. The number of Topliss-reactive ketones (excluding diaryl/α,β-unsaturated/α-hetero) is 1. The molecule has 1 fully saturated rings. The Labute approximate surface area is 169 Å². The Hall–Kier alpha value is -3.09. The van der Waals surface area contributed by atoms with Gasteiger partial charge in [-0.1, -0.05) is 26.0 Å². The van der Waals surface area contributed by atoms with E-state index in [4.69, 9.17) is 4.74 Å². The number of nitrogens with one attached hydrogen (secondary N) is 1. The fraction of sp³-hybridized carbons (Fsp3) is 0.409. The van der Waals surface area contributed by atoms with E-state index in [2.05, 4.69) is 5.32 Å². The molecule has 0 spiro atoms. The van der Waals surface area contributed by atoms with Gasteiger partial charge in [0.05, 0.1) is 12.7 Å². The molecule has 0 saturated carbocycles. The number of aromatic hydroxyl groups is 1. The molecule has 0 unspecified atom stereocenters. The maximum absolute atomic E-state index is 13.3. The van der Waals surface area contributed by atoms with Crippen LogP contribution in [-0.2, 0) is 19.1 Å². The van der Waals surface area contributed by atoms with E-state index in [0.29, 0.717) is 37.1 Å². The second kappa shape index (κ2) is 6.76. The number of hydrogen-bond acceptors (Lipinski definition) is 6. The number of methoxy groups -OCH3 is 1. The highest BCUT2D eigenvalue weighted by atomic mass is 16.5. The quantitative estimate of drug-likeness (QED) is 0.743. The molecule has 2 N–H and O–H groups in total. The van der Waals surface area contributed by atoms with Crippen LogP contribution in [-0.4, -0.2) is 47.9 Å². The van der Waals surface area contributed by atoms with Crippen molar-refractivity contribution in [2.75, 3.05) is 20.2 Å². The molecule has 3 aliphatic rings. The first-order valence-electron chi connectivity index (χ1n) is 9.67. The number of hydrogen-bond donors (Lipinski definition) is 2. The third kappa shape index (κ3) is 3.10. The number of phenolic OH excluding ortho intramolecular Hbond substituents is 1. The lowest BCUT2D eigenvalue weighted by Crippen LogP contribution is -2.51. The molecule has 1 amide bonds. The van der Waals surface area contributed by atoms with Crippen LogP contribution in [0.2, 0.25) is 0 Å². The summed E-state index contributed by atoms with van der Waals surface area (Å²) in [6.45, 7) is 5.00. The topological polar surface area (TPSA) is 95.9 Å². The summed E-state index contributed by atoms with van der Waals surface area (Å²) in [7, 11) is 1.27. The summed E-state index contributed by atoms with van der Waals surface area (Å²) in [4.78, 5) is 40.8. The molecular formula is C22H24N2O5. The van der Waals surface area contributed by atoms with Crippen LogP contribution in [0.5, 0.6) is 5.75 Å². The molecule has 29 heavy (non-hydrogen) atoms. The third-order valence-corrected chi connectivity index (χ3v) is 5.79. The maximum Gasteiger partial charge on any atom is 0.337 e. The first kappa shape index (κ1) is 19.2. The Morgan fingerprint density at radius 2 is 1.90 bits per heavy atom. The number of fused-ring (bicyclic) bond motifs is 2. The molecule has 2 heterocycles. The molecular weight excluding hydrogens is 372 g/mol. The van der Waals surface area contributed by atoms with E-state index >= 15 is 0 Å². The van der Waals surface area contributed by atoms with Crippen molar-refractivity contribution in [1.82, 2.24) is 10.2 Å². The molecule has 7 heteroatoms. The lowest BCUT2D eigenvalue weighted by molar-refractivity contribution is -0.137. The number of ketones is 1. The molecule has 4 rings (SSSR count). The van der Waals surface area contributed by atoms with Crippen molar-refractivity contribution in [3.63, 3.8) is 0 Å². The Balaban J connectivity index is 2.01. The van der Waals surface area contributed by atoms with Gasteiger partial charge >= 0.3 is 5.97 Å². The van der Waals surface area contributed by atoms with Crippen LogP contribution in [0.15, 0.2) is 46.8 Å². The van der Waals surface area contributed by atoms with Gasteiger partial charge in [0.15, 0.2) is 5.78 Å². The van der Waals surface area contributed by atoms with Crippen molar-refractivity contribution < 1.29 is 24.2 Å². The van der Waals surface area contributed by atoms with Crippen LogP contribution in [0.3, 0.4) is 0 Å². The number of amides is 1. The SMILES string of the molecule is COC(=O)C1=C2C(=O)NCCN2C2=C(C(=O)CC(C)(C)C2)[C@H]1c1ccc(O)cc1. The summed E-state index contributed by atoms with van der Waals surface area (Å²) in [5.41, 5.74) is 2.20. The highest BCUT2D eigenvalue weighted by Gasteiger charge is 2.48. The number of nitrogens with zero attached hydrogens (tertiary/aromatic N) is 1. The van der Waals surface area contributed by atoms with Gasteiger partial charge in [-0.05, 0) is 29.5 Å². The molecule has 0 radical (unpaired) electrons. The molecule has 1 saturated heterocycles. The van der Waals surface area contributed by atoms with E-state index in [1.807, 2.05) is 18.7 Å². The predicted octanol–water partition coefficient (Wildman–Crippen LogP) is 1.99. The average molecular weight is 396 g/mol. The number of phenols is 1. The monoisotopic (exact) mass is 396 g/mol. The van der Waals surface area contributed by atoms with E-state index in [1.54, 1.807) is 12.1 Å². The normalized spacial score (nSPS) is 23.4. The van der Waals surface area contributed by atoms with E-state index in [1.165, 1.54) is 19.2 Å². The summed E-state index contributed by atoms with van der Waals surface area (Å²) in [5, 5.41) is 12.5. The van der Waals surface area contributed by atoms with Crippen molar-refractivity contribution >= 4 is 17.7 Å². The van der Waals surface area contributed by atoms with Gasteiger partial charge in [0, 0.05) is 36.7 Å². The summed E-state index contributed by atoms with van der Waals surface area (Å²) in [5.74, 6) is -1.64. The minimum absolute atomic E-state index is 0.0271. The molecule has 1 aliphatic carbocycles. The Morgan fingerprint density at radius 1 is 1.21 bits per heavy atom. The average Bonchev–Trinajstić information content (AvgIpc) is 2.67.